The number of carbonyl (C=O) groups is 2. The molecule has 2 heterocycles. The fourth-order valence-electron chi connectivity index (χ4n) is 6.30. The summed E-state index contributed by atoms with van der Waals surface area (Å²) in [6.45, 7) is 4.57. The van der Waals surface area contributed by atoms with Gasteiger partial charge in [-0.05, 0) is 87.6 Å². The first kappa shape index (κ1) is 31.7. The van der Waals surface area contributed by atoms with Crippen LogP contribution in [0.5, 0.6) is 0 Å². The van der Waals surface area contributed by atoms with E-state index >= 15 is 0 Å². The zero-order valence-corrected chi connectivity index (χ0v) is 25.7. The first-order valence-corrected chi connectivity index (χ1v) is 15.1. The van der Waals surface area contributed by atoms with Gasteiger partial charge < -0.3 is 14.7 Å². The van der Waals surface area contributed by atoms with Gasteiger partial charge in [0.2, 0.25) is 5.91 Å². The highest BCUT2D eigenvalue weighted by Crippen LogP contribution is 2.34. The van der Waals surface area contributed by atoms with Crippen LogP contribution < -0.4 is 0 Å². The van der Waals surface area contributed by atoms with Crippen molar-refractivity contribution in [2.75, 3.05) is 60.4 Å². The average molecular weight is 610 g/mol. The van der Waals surface area contributed by atoms with E-state index in [-0.39, 0.29) is 23.9 Å². The molecule has 4 rings (SSSR count). The van der Waals surface area contributed by atoms with Crippen LogP contribution in [0.2, 0.25) is 10.0 Å². The van der Waals surface area contributed by atoms with Crippen molar-refractivity contribution in [1.82, 2.24) is 19.6 Å². The highest BCUT2D eigenvalue weighted by molar-refractivity contribution is 6.42. The first-order valence-electron chi connectivity index (χ1n) is 14.4. The number of hydrogen-bond acceptors (Lipinski definition) is 4. The van der Waals surface area contributed by atoms with Crippen LogP contribution in [0.1, 0.15) is 60.4 Å². The number of nitrogens with zero attached hydrogens (tertiary/aromatic N) is 4. The minimum absolute atomic E-state index is 0.118. The highest BCUT2D eigenvalue weighted by atomic mass is 35.5. The molecule has 2 saturated heterocycles. The molecule has 224 valence electrons. The molecule has 0 N–H and O–H groups in total. The van der Waals surface area contributed by atoms with Crippen molar-refractivity contribution in [2.45, 2.75) is 50.0 Å². The van der Waals surface area contributed by atoms with Gasteiger partial charge in [-0.25, -0.2) is 8.78 Å². The van der Waals surface area contributed by atoms with E-state index in [1.807, 2.05) is 26.2 Å². The van der Waals surface area contributed by atoms with Gasteiger partial charge in [-0.1, -0.05) is 35.7 Å². The molecule has 2 aromatic rings. The summed E-state index contributed by atoms with van der Waals surface area (Å²) in [5.74, 6) is -1.93. The second-order valence-corrected chi connectivity index (χ2v) is 12.4. The number of benzene rings is 2. The minimum atomic E-state index is -0.757. The summed E-state index contributed by atoms with van der Waals surface area (Å²) in [5.41, 5.74) is 0.169. The van der Waals surface area contributed by atoms with Crippen LogP contribution in [-0.4, -0.2) is 97.4 Å². The second kappa shape index (κ2) is 13.8. The summed E-state index contributed by atoms with van der Waals surface area (Å²) in [6.07, 6.45) is 5.73. The largest absolute Gasteiger partial charge is 0.347 e. The summed E-state index contributed by atoms with van der Waals surface area (Å²) in [7, 11) is 5.28. The highest BCUT2D eigenvalue weighted by Gasteiger charge is 2.47. The van der Waals surface area contributed by atoms with Crippen LogP contribution in [0.25, 0.3) is 0 Å². The van der Waals surface area contributed by atoms with Crippen LogP contribution in [0.3, 0.4) is 0 Å². The number of carbonyl (C=O) groups excluding carboxylic acids is 2. The van der Waals surface area contributed by atoms with Crippen molar-refractivity contribution in [3.63, 3.8) is 0 Å². The smallest absolute Gasteiger partial charge is 0.256 e. The first-order chi connectivity index (χ1) is 19.5. The summed E-state index contributed by atoms with van der Waals surface area (Å²) in [5, 5.41) is 0.863. The normalized spacial score (nSPS) is 18.6. The van der Waals surface area contributed by atoms with Gasteiger partial charge in [0.15, 0.2) is 0 Å². The van der Waals surface area contributed by atoms with Crippen molar-refractivity contribution in [1.29, 1.82) is 0 Å². The van der Waals surface area contributed by atoms with Gasteiger partial charge in [0.05, 0.1) is 15.6 Å². The lowest BCUT2D eigenvalue weighted by Gasteiger charge is -2.50. The van der Waals surface area contributed by atoms with Crippen molar-refractivity contribution in [2.24, 2.45) is 0 Å². The van der Waals surface area contributed by atoms with Crippen molar-refractivity contribution in [3.05, 3.63) is 69.2 Å². The maximum Gasteiger partial charge on any atom is 0.256 e. The van der Waals surface area contributed by atoms with Gasteiger partial charge in [-0.2, -0.15) is 0 Å². The van der Waals surface area contributed by atoms with E-state index < -0.39 is 23.1 Å². The van der Waals surface area contributed by atoms with Crippen LogP contribution in [0.4, 0.5) is 8.78 Å². The Morgan fingerprint density at radius 1 is 0.927 bits per heavy atom. The van der Waals surface area contributed by atoms with Crippen molar-refractivity contribution >= 4 is 35.0 Å². The van der Waals surface area contributed by atoms with E-state index in [0.717, 1.165) is 82.2 Å². The summed E-state index contributed by atoms with van der Waals surface area (Å²) in [6, 6.07) is 8.33. The van der Waals surface area contributed by atoms with E-state index in [1.165, 1.54) is 11.3 Å². The SMILES string of the molecule is CN(C)C(=O)C1(N2CCCCC2)CCN(CCC(CN(C)C(=O)c2cc(F)ccc2F)c2ccc(Cl)c(Cl)c2)CC1. The monoisotopic (exact) mass is 608 g/mol. The second-order valence-electron chi connectivity index (χ2n) is 11.6. The zero-order valence-electron chi connectivity index (χ0n) is 24.1. The number of hydrogen-bond donors (Lipinski definition) is 0. The van der Waals surface area contributed by atoms with Crippen molar-refractivity contribution < 1.29 is 18.4 Å². The number of amides is 2. The Bertz CT molecular complexity index is 1230. The third-order valence-corrected chi connectivity index (χ3v) is 9.40. The molecule has 2 amide bonds. The fourth-order valence-corrected chi connectivity index (χ4v) is 6.61. The van der Waals surface area contributed by atoms with Crippen LogP contribution in [0.15, 0.2) is 36.4 Å². The summed E-state index contributed by atoms with van der Waals surface area (Å²) < 4.78 is 28.1. The maximum absolute atomic E-state index is 14.3. The predicted octanol–water partition coefficient (Wildman–Crippen LogP) is 5.93. The molecule has 2 fully saturated rings. The van der Waals surface area contributed by atoms with Crippen molar-refractivity contribution in [3.8, 4) is 0 Å². The Balaban J connectivity index is 1.47. The molecular formula is C31H40Cl2F2N4O2. The maximum atomic E-state index is 14.3. The lowest BCUT2D eigenvalue weighted by molar-refractivity contribution is -0.147. The molecule has 2 aliphatic rings. The van der Waals surface area contributed by atoms with Gasteiger partial charge in [-0.3, -0.25) is 14.5 Å². The predicted molar refractivity (Wildman–Crippen MR) is 160 cm³/mol. The Labute approximate surface area is 252 Å². The number of halogens is 4. The quantitative estimate of drug-likeness (QED) is 0.354. The molecule has 2 aliphatic heterocycles. The minimum Gasteiger partial charge on any atom is -0.347 e. The molecule has 1 unspecified atom stereocenters. The molecule has 0 bridgehead atoms. The Kier molecular flexibility index (Phi) is 10.7. The van der Waals surface area contributed by atoms with Gasteiger partial charge in [-0.15, -0.1) is 0 Å². The third kappa shape index (κ3) is 7.39. The molecule has 0 radical (unpaired) electrons. The number of rotatable bonds is 9. The van der Waals surface area contributed by atoms with Crippen LogP contribution in [-0.2, 0) is 4.79 Å². The zero-order chi connectivity index (χ0) is 29.7. The molecule has 10 heteroatoms. The van der Waals surface area contributed by atoms with Gasteiger partial charge in [0.1, 0.15) is 17.2 Å². The van der Waals surface area contributed by atoms with Crippen LogP contribution in [0, 0.1) is 11.6 Å². The molecule has 1 atom stereocenters. The van der Waals surface area contributed by atoms with Gasteiger partial charge in [0.25, 0.3) is 5.91 Å². The molecule has 0 aromatic heterocycles. The Morgan fingerprint density at radius 2 is 1.61 bits per heavy atom. The molecule has 6 nitrogen and oxygen atoms in total. The number of likely N-dealkylation sites (N-methyl/N-ethyl adjacent to an activating group) is 2. The van der Waals surface area contributed by atoms with E-state index in [0.29, 0.717) is 16.5 Å². The Hall–Kier alpha value is -2.26. The fraction of sp³-hybridized carbons (Fsp3) is 0.548. The van der Waals surface area contributed by atoms with E-state index in [1.54, 1.807) is 18.0 Å². The number of likely N-dealkylation sites (tertiary alicyclic amines) is 2. The molecule has 0 saturated carbocycles. The summed E-state index contributed by atoms with van der Waals surface area (Å²) in [4.78, 5) is 34.5. The third-order valence-electron chi connectivity index (χ3n) is 8.66. The average Bonchev–Trinajstić information content (AvgIpc) is 2.97. The van der Waals surface area contributed by atoms with E-state index in [2.05, 4.69) is 9.80 Å². The lowest BCUT2D eigenvalue weighted by Crippen LogP contribution is -2.64. The topological polar surface area (TPSA) is 47.1 Å². The molecule has 0 spiro atoms. The summed E-state index contributed by atoms with van der Waals surface area (Å²) >= 11 is 12.5. The molecule has 0 aliphatic carbocycles. The van der Waals surface area contributed by atoms with E-state index in [4.69, 9.17) is 23.2 Å². The standard InChI is InChI=1S/C31H40Cl2F2N4O2/c1-36(2)30(41)31(39-14-5-4-6-15-39)12-17-38(18-13-31)16-11-23(22-7-9-26(32)27(33)19-22)21-37(3)29(40)25-20-24(34)8-10-28(25)35/h7-10,19-20,23H,4-6,11-18,21H2,1-3H3. The number of piperidine rings is 2. The molecule has 2 aromatic carbocycles. The van der Waals surface area contributed by atoms with Gasteiger partial charge >= 0.3 is 0 Å². The lowest BCUT2D eigenvalue weighted by atomic mass is 9.82. The van der Waals surface area contributed by atoms with Crippen LogP contribution >= 0.6 is 23.2 Å². The molecule has 41 heavy (non-hydrogen) atoms. The Morgan fingerprint density at radius 3 is 2.24 bits per heavy atom. The van der Waals surface area contributed by atoms with Gasteiger partial charge in [0, 0.05) is 46.7 Å². The van der Waals surface area contributed by atoms with E-state index in [9.17, 15) is 18.4 Å². The molecular weight excluding hydrogens is 569 g/mol.